The predicted molar refractivity (Wildman–Crippen MR) is 47.4 cm³/mol. The molecular weight excluding hydrogens is 153 g/mol. The molecule has 1 aromatic heterocycles. The first-order valence-electron chi connectivity index (χ1n) is 3.27. The third-order valence-corrected chi connectivity index (χ3v) is 1.66. The Kier molecular flexibility index (Phi) is 2.00. The molecule has 1 heterocycles. The van der Waals surface area contributed by atoms with Crippen LogP contribution >= 0.6 is 0 Å². The monoisotopic (exact) mass is 160 g/mol. The van der Waals surface area contributed by atoms with Crippen molar-refractivity contribution in [2.75, 3.05) is 0 Å². The summed E-state index contributed by atoms with van der Waals surface area (Å²) in [4.78, 5) is 2.63. The van der Waals surface area contributed by atoms with Gasteiger partial charge in [-0.1, -0.05) is 12.1 Å². The van der Waals surface area contributed by atoms with Crippen LogP contribution in [0.15, 0.2) is 24.3 Å². The highest BCUT2D eigenvalue weighted by Gasteiger charge is 2.06. The summed E-state index contributed by atoms with van der Waals surface area (Å²) in [7, 11) is 0. The molecule has 2 aromatic rings. The number of rotatable bonds is 0. The zero-order valence-corrected chi connectivity index (χ0v) is 6.28. The lowest BCUT2D eigenvalue weighted by molar-refractivity contribution is 0.398. The zero-order valence-electron chi connectivity index (χ0n) is 6.28. The highest BCUT2D eigenvalue weighted by Crippen LogP contribution is 2.32. The maximum absolute atomic E-state index is 9.22. The Morgan fingerprint density at radius 1 is 1.08 bits per heavy atom. The molecule has 0 spiro atoms. The average molecular weight is 160 g/mol. The van der Waals surface area contributed by atoms with E-state index in [2.05, 4.69) is 4.98 Å². The van der Waals surface area contributed by atoms with Gasteiger partial charge in [0.1, 0.15) is 0 Å². The van der Waals surface area contributed by atoms with Crippen LogP contribution in [0.2, 0.25) is 0 Å². The van der Waals surface area contributed by atoms with Gasteiger partial charge in [0.05, 0.1) is 5.52 Å². The van der Waals surface area contributed by atoms with Crippen LogP contribution in [0.25, 0.3) is 10.9 Å². The summed E-state index contributed by atoms with van der Waals surface area (Å²) in [6.45, 7) is 0. The minimum absolute atomic E-state index is 0. The van der Waals surface area contributed by atoms with E-state index in [1.807, 2.05) is 6.07 Å². The van der Waals surface area contributed by atoms with Gasteiger partial charge in [0.2, 0.25) is 5.88 Å². The van der Waals surface area contributed by atoms with Gasteiger partial charge in [0, 0.05) is 13.8 Å². The first kappa shape index (κ1) is 8.52. The number of benzene rings is 1. The molecule has 2 rings (SSSR count). The van der Waals surface area contributed by atoms with Crippen molar-refractivity contribution in [1.29, 1.82) is 0 Å². The van der Waals surface area contributed by atoms with E-state index in [-0.39, 0.29) is 20.0 Å². The maximum Gasteiger partial charge on any atom is 0.233 e. The fraction of sp³-hybridized carbons (Fsp3) is 0. The Morgan fingerprint density at radius 2 is 1.75 bits per heavy atom. The van der Waals surface area contributed by atoms with Crippen molar-refractivity contribution in [2.24, 2.45) is 0 Å². The molecular formula is C8H7BNO2. The van der Waals surface area contributed by atoms with Crippen molar-refractivity contribution in [2.45, 2.75) is 0 Å². The fourth-order valence-corrected chi connectivity index (χ4v) is 1.11. The molecule has 0 aliphatic carbocycles. The summed E-state index contributed by atoms with van der Waals surface area (Å²) in [5.41, 5.74) is 0.738. The number of hydrogen-bond donors (Lipinski definition) is 3. The fourth-order valence-electron chi connectivity index (χ4n) is 1.11. The van der Waals surface area contributed by atoms with Crippen molar-refractivity contribution in [3.63, 3.8) is 0 Å². The molecule has 3 nitrogen and oxygen atoms in total. The third kappa shape index (κ3) is 1.01. The van der Waals surface area contributed by atoms with Crippen molar-refractivity contribution < 1.29 is 10.2 Å². The summed E-state index contributed by atoms with van der Waals surface area (Å²) < 4.78 is 0. The summed E-state index contributed by atoms with van der Waals surface area (Å²) in [5, 5.41) is 18.9. The topological polar surface area (TPSA) is 56.2 Å². The number of aromatic amines is 1. The van der Waals surface area contributed by atoms with Gasteiger partial charge in [-0.05, 0) is 12.1 Å². The van der Waals surface area contributed by atoms with Crippen molar-refractivity contribution in [1.82, 2.24) is 4.98 Å². The lowest BCUT2D eigenvalue weighted by Gasteiger charge is -1.86. The first-order valence-corrected chi connectivity index (χ1v) is 3.27. The van der Waals surface area contributed by atoms with Crippen LogP contribution in [-0.4, -0.2) is 23.6 Å². The molecule has 0 amide bonds. The van der Waals surface area contributed by atoms with E-state index < -0.39 is 0 Å². The largest absolute Gasteiger partial charge is 0.503 e. The first-order chi connectivity index (χ1) is 5.29. The van der Waals surface area contributed by atoms with Gasteiger partial charge in [-0.2, -0.15) is 0 Å². The number of hydrogen-bond acceptors (Lipinski definition) is 2. The normalized spacial score (nSPS) is 9.67. The van der Waals surface area contributed by atoms with Gasteiger partial charge >= 0.3 is 0 Å². The number of fused-ring (bicyclic) bond motifs is 1. The molecule has 4 heteroatoms. The van der Waals surface area contributed by atoms with Crippen molar-refractivity contribution in [3.05, 3.63) is 24.3 Å². The summed E-state index contributed by atoms with van der Waals surface area (Å²) in [6, 6.07) is 7.16. The number of aromatic nitrogens is 1. The van der Waals surface area contributed by atoms with E-state index in [0.717, 1.165) is 5.52 Å². The molecule has 1 aromatic carbocycles. The Bertz CT molecular complexity index is 397. The van der Waals surface area contributed by atoms with Crippen LogP contribution in [-0.2, 0) is 0 Å². The molecule has 0 fully saturated rings. The SMILES string of the molecule is Oc1[nH]c2ccccc2c1O.[B]. The molecule has 0 atom stereocenters. The zero-order chi connectivity index (χ0) is 7.84. The van der Waals surface area contributed by atoms with Crippen molar-refractivity contribution in [3.8, 4) is 11.6 Å². The third-order valence-electron chi connectivity index (χ3n) is 1.66. The van der Waals surface area contributed by atoms with E-state index in [1.165, 1.54) is 0 Å². The van der Waals surface area contributed by atoms with Gasteiger partial charge in [0.15, 0.2) is 5.75 Å². The second-order valence-corrected chi connectivity index (χ2v) is 2.37. The second-order valence-electron chi connectivity index (χ2n) is 2.37. The van der Waals surface area contributed by atoms with Crippen molar-refractivity contribution >= 4 is 19.3 Å². The molecule has 0 aliphatic rings. The van der Waals surface area contributed by atoms with Crippen LogP contribution in [0.1, 0.15) is 0 Å². The van der Waals surface area contributed by atoms with E-state index in [0.29, 0.717) is 5.39 Å². The minimum atomic E-state index is -0.175. The Morgan fingerprint density at radius 3 is 2.42 bits per heavy atom. The lowest BCUT2D eigenvalue weighted by atomic mass is 10.2. The molecule has 0 aliphatic heterocycles. The highest BCUT2D eigenvalue weighted by molar-refractivity contribution is 5.88. The molecule has 0 unspecified atom stereocenters. The van der Waals surface area contributed by atoms with Gasteiger partial charge in [-0.25, -0.2) is 0 Å². The summed E-state index contributed by atoms with van der Waals surface area (Å²) in [6.07, 6.45) is 0. The molecule has 3 N–H and O–H groups in total. The maximum atomic E-state index is 9.22. The summed E-state index contributed by atoms with van der Waals surface area (Å²) >= 11 is 0. The lowest BCUT2D eigenvalue weighted by Crippen LogP contribution is -1.63. The molecule has 59 valence electrons. The Balaban J connectivity index is 0.000000720. The van der Waals surface area contributed by atoms with E-state index >= 15 is 0 Å². The van der Waals surface area contributed by atoms with Crippen LogP contribution in [0.4, 0.5) is 0 Å². The van der Waals surface area contributed by atoms with Gasteiger partial charge in [-0.3, -0.25) is 0 Å². The quantitative estimate of drug-likeness (QED) is 0.507. The Labute approximate surface area is 71.2 Å². The molecule has 0 saturated heterocycles. The minimum Gasteiger partial charge on any atom is -0.503 e. The van der Waals surface area contributed by atoms with Crippen LogP contribution in [0, 0.1) is 0 Å². The smallest absolute Gasteiger partial charge is 0.233 e. The molecule has 0 saturated carbocycles. The molecule has 0 bridgehead atoms. The number of aromatic hydroxyl groups is 2. The van der Waals surface area contributed by atoms with Gasteiger partial charge in [0.25, 0.3) is 0 Å². The predicted octanol–water partition coefficient (Wildman–Crippen LogP) is 1.20. The number of nitrogens with one attached hydrogen (secondary N) is 1. The van der Waals surface area contributed by atoms with E-state index in [9.17, 15) is 5.11 Å². The van der Waals surface area contributed by atoms with E-state index in [1.54, 1.807) is 18.2 Å². The van der Waals surface area contributed by atoms with Gasteiger partial charge < -0.3 is 15.2 Å². The molecule has 3 radical (unpaired) electrons. The summed E-state index contributed by atoms with van der Waals surface area (Å²) in [5.74, 6) is -0.258. The number of para-hydroxylation sites is 1. The van der Waals surface area contributed by atoms with Gasteiger partial charge in [-0.15, -0.1) is 0 Å². The van der Waals surface area contributed by atoms with Crippen LogP contribution in [0.3, 0.4) is 0 Å². The standard InChI is InChI=1S/C8H7NO2.B/c10-7-5-3-1-2-4-6(5)9-8(7)11;/h1-4,9-11H;. The Hall–Kier alpha value is -1.58. The average Bonchev–Trinajstić information content (AvgIpc) is 2.30. The van der Waals surface area contributed by atoms with E-state index in [4.69, 9.17) is 5.11 Å². The second kappa shape index (κ2) is 2.81. The van der Waals surface area contributed by atoms with Crippen LogP contribution < -0.4 is 0 Å². The van der Waals surface area contributed by atoms with Crippen LogP contribution in [0.5, 0.6) is 11.6 Å². The highest BCUT2D eigenvalue weighted by atomic mass is 16.3. The number of H-pyrrole nitrogens is 1. The molecule has 12 heavy (non-hydrogen) atoms.